The van der Waals surface area contributed by atoms with Gasteiger partial charge in [-0.2, -0.15) is 13.2 Å². The van der Waals surface area contributed by atoms with Crippen LogP contribution in [0.4, 0.5) is 23.4 Å². The highest BCUT2D eigenvalue weighted by molar-refractivity contribution is 6.32. The van der Waals surface area contributed by atoms with Crippen LogP contribution in [-0.4, -0.2) is 35.3 Å². The molecular weight excluding hydrogens is 404 g/mol. The first-order chi connectivity index (χ1) is 13.2. The highest BCUT2D eigenvalue weighted by Gasteiger charge is 2.32. The van der Waals surface area contributed by atoms with Crippen LogP contribution in [0.25, 0.3) is 0 Å². The Morgan fingerprint density at radius 3 is 2.71 bits per heavy atom. The fourth-order valence-electron chi connectivity index (χ4n) is 3.02. The van der Waals surface area contributed by atoms with Gasteiger partial charge in [0.1, 0.15) is 24.0 Å². The number of carboxylic acids is 1. The van der Waals surface area contributed by atoms with Crippen molar-refractivity contribution in [3.63, 3.8) is 0 Å². The second kappa shape index (κ2) is 7.83. The number of pyridine rings is 1. The third kappa shape index (κ3) is 4.30. The van der Waals surface area contributed by atoms with Crippen LogP contribution in [-0.2, 0) is 6.18 Å². The van der Waals surface area contributed by atoms with Crippen LogP contribution in [0.15, 0.2) is 30.5 Å². The lowest BCUT2D eigenvalue weighted by Crippen LogP contribution is -2.34. The largest absolute Gasteiger partial charge is 0.490 e. The van der Waals surface area contributed by atoms with Crippen molar-refractivity contribution in [2.45, 2.75) is 25.1 Å². The molecule has 3 rings (SSSR count). The van der Waals surface area contributed by atoms with Crippen molar-refractivity contribution < 1.29 is 32.2 Å². The Morgan fingerprint density at radius 2 is 2.11 bits per heavy atom. The molecule has 0 radical (unpaired) electrons. The Bertz CT molecular complexity index is 874. The zero-order valence-corrected chi connectivity index (χ0v) is 15.1. The molecule has 150 valence electrons. The van der Waals surface area contributed by atoms with Crippen molar-refractivity contribution in [3.8, 4) is 5.75 Å². The van der Waals surface area contributed by atoms with Crippen LogP contribution in [0.3, 0.4) is 0 Å². The normalized spacial score (nSPS) is 17.0. The van der Waals surface area contributed by atoms with Gasteiger partial charge in [0.2, 0.25) is 0 Å². The lowest BCUT2D eigenvalue weighted by Gasteiger charge is -2.26. The van der Waals surface area contributed by atoms with Gasteiger partial charge in [-0.25, -0.2) is 14.2 Å². The molecule has 1 aliphatic heterocycles. The van der Waals surface area contributed by atoms with E-state index in [4.69, 9.17) is 21.4 Å². The molecule has 1 aromatic heterocycles. The zero-order valence-electron chi connectivity index (χ0n) is 14.3. The molecule has 1 N–H and O–H groups in total. The Kier molecular flexibility index (Phi) is 5.64. The summed E-state index contributed by atoms with van der Waals surface area (Å²) in [5.41, 5.74) is -1.39. The molecule has 10 heteroatoms. The molecular formula is C18H15ClF4N2O3. The number of nitrogens with zero attached hydrogens (tertiary/aromatic N) is 2. The quantitative estimate of drug-likeness (QED) is 0.717. The molecule has 28 heavy (non-hydrogen) atoms. The monoisotopic (exact) mass is 418 g/mol. The first-order valence-electron chi connectivity index (χ1n) is 8.32. The summed E-state index contributed by atoms with van der Waals surface area (Å²) in [7, 11) is 0. The van der Waals surface area contributed by atoms with E-state index in [9.17, 15) is 22.4 Å². The van der Waals surface area contributed by atoms with E-state index in [0.29, 0.717) is 18.8 Å². The lowest BCUT2D eigenvalue weighted by atomic mass is 10.2. The summed E-state index contributed by atoms with van der Waals surface area (Å²) in [6.45, 7) is 0.681. The molecule has 0 spiro atoms. The Labute approximate surface area is 162 Å². The van der Waals surface area contributed by atoms with Gasteiger partial charge in [0.15, 0.2) is 0 Å². The number of carbonyl (C=O) groups is 1. The third-order valence-electron chi connectivity index (χ3n) is 4.43. The third-order valence-corrected chi connectivity index (χ3v) is 4.73. The summed E-state index contributed by atoms with van der Waals surface area (Å²) in [6, 6.07) is 3.95. The van der Waals surface area contributed by atoms with E-state index in [-0.39, 0.29) is 23.4 Å². The standard InChI is InChI=1S/C18H15ClF4N2O3/c19-13-6-12(17(26)27)14(20)7-15(13)28-9-11-2-1-5-25(11)16-4-3-10(8-24-16)18(21,22)23/h3-4,6-8,11H,1-2,5,9H2,(H,26,27). The van der Waals surface area contributed by atoms with Gasteiger partial charge in [-0.15, -0.1) is 0 Å². The maximum Gasteiger partial charge on any atom is 0.417 e. The summed E-state index contributed by atoms with van der Waals surface area (Å²) < 4.78 is 57.4. The van der Waals surface area contributed by atoms with Crippen molar-refractivity contribution in [1.82, 2.24) is 4.98 Å². The molecule has 1 atom stereocenters. The van der Waals surface area contributed by atoms with Gasteiger partial charge >= 0.3 is 12.1 Å². The van der Waals surface area contributed by atoms with Crippen molar-refractivity contribution in [3.05, 3.63) is 52.4 Å². The van der Waals surface area contributed by atoms with Gasteiger partial charge < -0.3 is 14.7 Å². The number of hydrogen-bond donors (Lipinski definition) is 1. The number of rotatable bonds is 5. The predicted octanol–water partition coefficient (Wildman–Crippen LogP) is 4.64. The van der Waals surface area contributed by atoms with E-state index < -0.39 is 29.1 Å². The van der Waals surface area contributed by atoms with Gasteiger partial charge in [0.25, 0.3) is 0 Å². The van der Waals surface area contributed by atoms with Gasteiger partial charge in [0.05, 0.1) is 22.2 Å². The number of aromatic carboxylic acids is 1. The minimum absolute atomic E-state index is 0.00334. The molecule has 1 aliphatic rings. The molecule has 5 nitrogen and oxygen atoms in total. The van der Waals surface area contributed by atoms with E-state index in [1.807, 2.05) is 4.90 Å². The highest BCUT2D eigenvalue weighted by Crippen LogP contribution is 2.32. The topological polar surface area (TPSA) is 62.7 Å². The maximum absolute atomic E-state index is 13.8. The zero-order chi connectivity index (χ0) is 20.5. The molecule has 1 fully saturated rings. The van der Waals surface area contributed by atoms with Crippen LogP contribution < -0.4 is 9.64 Å². The molecule has 1 unspecified atom stereocenters. The highest BCUT2D eigenvalue weighted by atomic mass is 35.5. The summed E-state index contributed by atoms with van der Waals surface area (Å²) in [5, 5.41) is 8.85. The van der Waals surface area contributed by atoms with Crippen LogP contribution in [0.1, 0.15) is 28.8 Å². The predicted molar refractivity (Wildman–Crippen MR) is 93.5 cm³/mol. The number of hydrogen-bond acceptors (Lipinski definition) is 4. The van der Waals surface area contributed by atoms with Crippen molar-refractivity contribution in [1.29, 1.82) is 0 Å². The fourth-order valence-corrected chi connectivity index (χ4v) is 3.24. The van der Waals surface area contributed by atoms with Gasteiger partial charge in [0, 0.05) is 18.8 Å². The number of ether oxygens (including phenoxy) is 1. The number of anilines is 1. The number of aromatic nitrogens is 1. The molecule has 0 aliphatic carbocycles. The van der Waals surface area contributed by atoms with Crippen LogP contribution in [0.5, 0.6) is 5.75 Å². The van der Waals surface area contributed by atoms with Gasteiger partial charge in [-0.3, -0.25) is 0 Å². The number of carboxylic acid groups (broad SMARTS) is 1. The van der Waals surface area contributed by atoms with E-state index >= 15 is 0 Å². The molecule has 0 bridgehead atoms. The number of halogens is 5. The maximum atomic E-state index is 13.8. The minimum atomic E-state index is -4.46. The SMILES string of the molecule is O=C(O)c1cc(Cl)c(OCC2CCCN2c2ccc(C(F)(F)F)cn2)cc1F. The van der Waals surface area contributed by atoms with Gasteiger partial charge in [-0.1, -0.05) is 11.6 Å². The minimum Gasteiger partial charge on any atom is -0.490 e. The summed E-state index contributed by atoms with van der Waals surface area (Å²) in [6.07, 6.45) is -2.18. The summed E-state index contributed by atoms with van der Waals surface area (Å²) in [5.74, 6) is -2.03. The van der Waals surface area contributed by atoms with E-state index in [1.165, 1.54) is 6.07 Å². The van der Waals surface area contributed by atoms with Crippen molar-refractivity contribution in [2.75, 3.05) is 18.1 Å². The number of benzene rings is 1. The summed E-state index contributed by atoms with van der Waals surface area (Å²) in [4.78, 5) is 16.6. The smallest absolute Gasteiger partial charge is 0.417 e. The average Bonchev–Trinajstić information content (AvgIpc) is 3.09. The van der Waals surface area contributed by atoms with Crippen LogP contribution in [0, 0.1) is 5.82 Å². The van der Waals surface area contributed by atoms with Crippen molar-refractivity contribution >= 4 is 23.4 Å². The van der Waals surface area contributed by atoms with E-state index in [0.717, 1.165) is 30.8 Å². The first kappa shape index (κ1) is 20.2. The molecule has 2 aromatic rings. The van der Waals surface area contributed by atoms with Crippen molar-refractivity contribution in [2.24, 2.45) is 0 Å². The second-order valence-corrected chi connectivity index (χ2v) is 6.68. The lowest BCUT2D eigenvalue weighted by molar-refractivity contribution is -0.137. The average molecular weight is 419 g/mol. The van der Waals surface area contributed by atoms with E-state index in [2.05, 4.69) is 4.98 Å². The second-order valence-electron chi connectivity index (χ2n) is 6.27. The van der Waals surface area contributed by atoms with Crippen LogP contribution in [0.2, 0.25) is 5.02 Å². The molecule has 0 amide bonds. The number of alkyl halides is 3. The molecule has 1 aromatic carbocycles. The van der Waals surface area contributed by atoms with E-state index in [1.54, 1.807) is 0 Å². The fraction of sp³-hybridized carbons (Fsp3) is 0.333. The molecule has 0 saturated carbocycles. The van der Waals surface area contributed by atoms with Crippen LogP contribution >= 0.6 is 11.6 Å². The molecule has 1 saturated heterocycles. The molecule has 2 heterocycles. The Morgan fingerprint density at radius 1 is 1.36 bits per heavy atom. The first-order valence-corrected chi connectivity index (χ1v) is 8.69. The summed E-state index contributed by atoms with van der Waals surface area (Å²) >= 11 is 5.96. The van der Waals surface area contributed by atoms with Gasteiger partial charge in [-0.05, 0) is 31.0 Å². The Hall–Kier alpha value is -2.55. The Balaban J connectivity index is 1.71.